The number of hydrogen-bond donors (Lipinski definition) is 1. The van der Waals surface area contributed by atoms with Crippen LogP contribution in [0.2, 0.25) is 0 Å². The van der Waals surface area contributed by atoms with Crippen LogP contribution in [0.5, 0.6) is 0 Å². The van der Waals surface area contributed by atoms with Crippen molar-refractivity contribution < 1.29 is 13.2 Å². The Balaban J connectivity index is 1.47. The first kappa shape index (κ1) is 25.9. The lowest BCUT2D eigenvalue weighted by atomic mass is 10.1. The molecule has 0 bridgehead atoms. The van der Waals surface area contributed by atoms with Crippen molar-refractivity contribution in [3.05, 3.63) is 95.1 Å². The fourth-order valence-electron chi connectivity index (χ4n) is 4.54. The van der Waals surface area contributed by atoms with Crippen molar-refractivity contribution in [1.82, 2.24) is 10.2 Å². The van der Waals surface area contributed by atoms with E-state index in [4.69, 9.17) is 0 Å². The average molecular weight is 506 g/mol. The van der Waals surface area contributed by atoms with Crippen LogP contribution >= 0.6 is 0 Å². The van der Waals surface area contributed by atoms with Crippen LogP contribution in [0.15, 0.2) is 77.7 Å². The number of carbonyl (C=O) groups excluding carboxylic acids is 1. The van der Waals surface area contributed by atoms with E-state index in [1.165, 1.54) is 29.1 Å². The second-order valence-electron chi connectivity index (χ2n) is 9.60. The van der Waals surface area contributed by atoms with E-state index in [0.29, 0.717) is 12.2 Å². The second kappa shape index (κ2) is 11.7. The molecule has 0 radical (unpaired) electrons. The summed E-state index contributed by atoms with van der Waals surface area (Å²) >= 11 is 0. The van der Waals surface area contributed by atoms with E-state index in [1.807, 2.05) is 32.0 Å². The molecule has 0 unspecified atom stereocenters. The summed E-state index contributed by atoms with van der Waals surface area (Å²) in [6.07, 6.45) is 3.80. The van der Waals surface area contributed by atoms with Gasteiger partial charge in [-0.2, -0.15) is 0 Å². The molecular weight excluding hydrogens is 470 g/mol. The summed E-state index contributed by atoms with van der Waals surface area (Å²) in [5.41, 5.74) is 4.58. The molecule has 1 amide bonds. The molecule has 0 aliphatic carbocycles. The molecule has 1 heterocycles. The third-order valence-corrected chi connectivity index (χ3v) is 8.31. The van der Waals surface area contributed by atoms with Crippen molar-refractivity contribution in [2.75, 3.05) is 23.9 Å². The summed E-state index contributed by atoms with van der Waals surface area (Å²) in [5, 5.41) is 2.92. The van der Waals surface area contributed by atoms with Gasteiger partial charge in [0.05, 0.1) is 10.6 Å². The monoisotopic (exact) mass is 505 g/mol. The molecule has 1 fully saturated rings. The van der Waals surface area contributed by atoms with Gasteiger partial charge in [0, 0.05) is 13.1 Å². The van der Waals surface area contributed by atoms with Crippen molar-refractivity contribution in [1.29, 1.82) is 0 Å². The molecule has 0 aromatic heterocycles. The highest BCUT2D eigenvalue weighted by molar-refractivity contribution is 7.92. The summed E-state index contributed by atoms with van der Waals surface area (Å²) in [7, 11) is -3.92. The minimum atomic E-state index is -3.92. The maximum absolute atomic E-state index is 13.5. The maximum atomic E-state index is 13.5. The van der Waals surface area contributed by atoms with E-state index in [0.717, 1.165) is 36.3 Å². The van der Waals surface area contributed by atoms with Crippen molar-refractivity contribution in [2.45, 2.75) is 51.1 Å². The highest BCUT2D eigenvalue weighted by Crippen LogP contribution is 2.25. The largest absolute Gasteiger partial charge is 0.350 e. The van der Waals surface area contributed by atoms with Gasteiger partial charge in [-0.05, 0) is 80.7 Å². The molecule has 190 valence electrons. The van der Waals surface area contributed by atoms with Gasteiger partial charge >= 0.3 is 0 Å². The normalized spacial score (nSPS) is 14.4. The molecule has 1 N–H and O–H groups in total. The number of amides is 1. The van der Waals surface area contributed by atoms with Crippen LogP contribution in [0, 0.1) is 13.8 Å². The van der Waals surface area contributed by atoms with Crippen LogP contribution in [0.3, 0.4) is 0 Å². The lowest BCUT2D eigenvalue weighted by Gasteiger charge is -2.26. The van der Waals surface area contributed by atoms with Gasteiger partial charge in [-0.15, -0.1) is 0 Å². The Morgan fingerprint density at radius 2 is 1.56 bits per heavy atom. The van der Waals surface area contributed by atoms with Crippen LogP contribution in [0.1, 0.15) is 41.5 Å². The number of nitrogens with zero attached hydrogens (tertiary/aromatic N) is 2. The molecule has 3 aromatic carbocycles. The summed E-state index contributed by atoms with van der Waals surface area (Å²) < 4.78 is 28.3. The third-order valence-electron chi connectivity index (χ3n) is 6.52. The Kier molecular flexibility index (Phi) is 8.44. The predicted octanol–water partition coefficient (Wildman–Crippen LogP) is 4.80. The molecule has 4 rings (SSSR count). The van der Waals surface area contributed by atoms with Crippen molar-refractivity contribution in [2.24, 2.45) is 0 Å². The minimum absolute atomic E-state index is 0.160. The smallest absolute Gasteiger partial charge is 0.264 e. The van der Waals surface area contributed by atoms with Gasteiger partial charge in [0.25, 0.3) is 10.0 Å². The summed E-state index contributed by atoms with van der Waals surface area (Å²) in [6.45, 7) is 7.03. The third kappa shape index (κ3) is 6.74. The van der Waals surface area contributed by atoms with Crippen molar-refractivity contribution in [3.63, 3.8) is 0 Å². The standard InChI is InChI=1S/C29H35N3O3S/c1-23-12-14-28(15-13-23)36(34,35)32(27-11-6-8-24(2)18-27)22-29(33)30-20-25-9-7-10-26(19-25)21-31-16-4-3-5-17-31/h6-15,18-19H,3-5,16-17,20-22H2,1-2H3,(H,30,33). The van der Waals surface area contributed by atoms with Gasteiger partial charge < -0.3 is 5.32 Å². The van der Waals surface area contributed by atoms with Gasteiger partial charge in [0.1, 0.15) is 6.54 Å². The zero-order valence-electron chi connectivity index (χ0n) is 21.1. The van der Waals surface area contributed by atoms with Crippen LogP contribution in [-0.2, 0) is 27.9 Å². The number of sulfonamides is 1. The van der Waals surface area contributed by atoms with E-state index in [-0.39, 0.29) is 17.3 Å². The van der Waals surface area contributed by atoms with Crippen LogP contribution in [0.25, 0.3) is 0 Å². The van der Waals surface area contributed by atoms with Crippen molar-refractivity contribution >= 4 is 21.6 Å². The summed E-state index contributed by atoms with van der Waals surface area (Å²) in [5.74, 6) is -0.353. The number of likely N-dealkylation sites (tertiary alicyclic amines) is 1. The first-order valence-electron chi connectivity index (χ1n) is 12.5. The first-order valence-corrected chi connectivity index (χ1v) is 14.0. The van der Waals surface area contributed by atoms with Crippen molar-refractivity contribution in [3.8, 4) is 0 Å². The zero-order chi connectivity index (χ0) is 25.5. The second-order valence-corrected chi connectivity index (χ2v) is 11.5. The number of nitrogens with one attached hydrogen (secondary N) is 1. The van der Waals surface area contributed by atoms with Gasteiger partial charge in [0.15, 0.2) is 0 Å². The maximum Gasteiger partial charge on any atom is 0.264 e. The predicted molar refractivity (Wildman–Crippen MR) is 144 cm³/mol. The Hall–Kier alpha value is -3.16. The lowest BCUT2D eigenvalue weighted by molar-refractivity contribution is -0.119. The average Bonchev–Trinajstić information content (AvgIpc) is 2.87. The minimum Gasteiger partial charge on any atom is -0.350 e. The number of hydrogen-bond acceptors (Lipinski definition) is 4. The number of piperidine rings is 1. The Labute approximate surface area is 215 Å². The highest BCUT2D eigenvalue weighted by atomic mass is 32.2. The number of anilines is 1. The van der Waals surface area contributed by atoms with Crippen LogP contribution < -0.4 is 9.62 Å². The number of benzene rings is 3. The van der Waals surface area contributed by atoms with E-state index < -0.39 is 10.0 Å². The molecule has 1 aliphatic rings. The van der Waals surface area contributed by atoms with Gasteiger partial charge in [-0.1, -0.05) is 60.5 Å². The lowest BCUT2D eigenvalue weighted by Crippen LogP contribution is -2.40. The molecule has 0 spiro atoms. The summed E-state index contributed by atoms with van der Waals surface area (Å²) in [6, 6.07) is 22.1. The van der Waals surface area contributed by atoms with E-state index in [9.17, 15) is 13.2 Å². The topological polar surface area (TPSA) is 69.7 Å². The highest BCUT2D eigenvalue weighted by Gasteiger charge is 2.27. The molecule has 1 aliphatic heterocycles. The van der Waals surface area contributed by atoms with Gasteiger partial charge in [-0.3, -0.25) is 14.0 Å². The zero-order valence-corrected chi connectivity index (χ0v) is 21.9. The Morgan fingerprint density at radius 1 is 0.861 bits per heavy atom. The molecule has 0 saturated carbocycles. The van der Waals surface area contributed by atoms with E-state index in [2.05, 4.69) is 22.3 Å². The number of rotatable bonds is 9. The Morgan fingerprint density at radius 3 is 2.28 bits per heavy atom. The van der Waals surface area contributed by atoms with E-state index in [1.54, 1.807) is 42.5 Å². The quantitative estimate of drug-likeness (QED) is 0.454. The van der Waals surface area contributed by atoms with Gasteiger partial charge in [-0.25, -0.2) is 8.42 Å². The molecular formula is C29H35N3O3S. The fourth-order valence-corrected chi connectivity index (χ4v) is 5.95. The molecule has 1 saturated heterocycles. The summed E-state index contributed by atoms with van der Waals surface area (Å²) in [4.78, 5) is 15.6. The van der Waals surface area contributed by atoms with Gasteiger partial charge in [0.2, 0.25) is 5.91 Å². The van der Waals surface area contributed by atoms with E-state index >= 15 is 0 Å². The van der Waals surface area contributed by atoms with Crippen LogP contribution in [0.4, 0.5) is 5.69 Å². The SMILES string of the molecule is Cc1ccc(S(=O)(=O)N(CC(=O)NCc2cccc(CN3CCCCC3)c2)c2cccc(C)c2)cc1. The molecule has 36 heavy (non-hydrogen) atoms. The van der Waals surface area contributed by atoms with Crippen LogP contribution in [-0.4, -0.2) is 38.9 Å². The first-order chi connectivity index (χ1) is 17.3. The molecule has 6 nitrogen and oxygen atoms in total. The number of aryl methyl sites for hydroxylation is 2. The molecule has 7 heteroatoms. The molecule has 3 aromatic rings. The molecule has 0 atom stereocenters. The Bertz CT molecular complexity index is 1280. The fraction of sp³-hybridized carbons (Fsp3) is 0.345. The number of carbonyl (C=O) groups is 1.